The highest BCUT2D eigenvalue weighted by molar-refractivity contribution is 5.58. The Bertz CT molecular complexity index is 509. The Morgan fingerprint density at radius 3 is 2.50 bits per heavy atom. The summed E-state index contributed by atoms with van der Waals surface area (Å²) in [5.74, 6) is -0.232. The van der Waals surface area contributed by atoms with Gasteiger partial charge in [-0.3, -0.25) is 5.10 Å². The Morgan fingerprint density at radius 2 is 1.89 bits per heavy atom. The Kier molecular flexibility index (Phi) is 3.48. The van der Waals surface area contributed by atoms with E-state index in [1.54, 1.807) is 12.1 Å². The van der Waals surface area contributed by atoms with E-state index in [4.69, 9.17) is 0 Å². The molecular formula is C14H18FN3. The van der Waals surface area contributed by atoms with Gasteiger partial charge < -0.3 is 5.32 Å². The van der Waals surface area contributed by atoms with E-state index in [-0.39, 0.29) is 11.4 Å². The minimum absolute atomic E-state index is 0.0706. The normalized spacial score (nSPS) is 11.8. The number of hydrogen-bond donors (Lipinski definition) is 2. The van der Waals surface area contributed by atoms with Gasteiger partial charge in [0.2, 0.25) is 0 Å². The van der Waals surface area contributed by atoms with Crippen molar-refractivity contribution in [3.8, 4) is 11.3 Å². The number of nitrogens with one attached hydrogen (secondary N) is 2. The van der Waals surface area contributed by atoms with Gasteiger partial charge in [0, 0.05) is 23.3 Å². The number of hydrogen-bond acceptors (Lipinski definition) is 2. The lowest BCUT2D eigenvalue weighted by molar-refractivity contribution is 0.421. The fourth-order valence-electron chi connectivity index (χ4n) is 1.58. The summed E-state index contributed by atoms with van der Waals surface area (Å²) in [5.41, 5.74) is 2.83. The highest BCUT2D eigenvalue weighted by Crippen LogP contribution is 2.18. The lowest BCUT2D eigenvalue weighted by atomic mass is 10.1. The van der Waals surface area contributed by atoms with Gasteiger partial charge in [0.1, 0.15) is 5.82 Å². The second-order valence-electron chi connectivity index (χ2n) is 5.39. The average molecular weight is 247 g/mol. The van der Waals surface area contributed by atoms with Gasteiger partial charge in [0.15, 0.2) is 0 Å². The van der Waals surface area contributed by atoms with Crippen LogP contribution in [0.2, 0.25) is 0 Å². The van der Waals surface area contributed by atoms with Gasteiger partial charge in [-0.15, -0.1) is 0 Å². The average Bonchev–Trinajstić information content (AvgIpc) is 2.75. The van der Waals surface area contributed by atoms with Crippen molar-refractivity contribution in [3.05, 3.63) is 41.8 Å². The van der Waals surface area contributed by atoms with E-state index in [0.29, 0.717) is 0 Å². The molecule has 2 N–H and O–H groups in total. The molecule has 0 radical (unpaired) electrons. The minimum atomic E-state index is -0.232. The number of aromatic nitrogens is 2. The van der Waals surface area contributed by atoms with Gasteiger partial charge in [0.05, 0.1) is 5.69 Å². The van der Waals surface area contributed by atoms with Crippen LogP contribution >= 0.6 is 0 Å². The molecule has 0 fully saturated rings. The monoisotopic (exact) mass is 247 g/mol. The molecule has 3 nitrogen and oxygen atoms in total. The predicted octanol–water partition coefficient (Wildman–Crippen LogP) is 3.10. The smallest absolute Gasteiger partial charge is 0.123 e. The molecule has 0 amide bonds. The molecule has 96 valence electrons. The van der Waals surface area contributed by atoms with E-state index in [2.05, 4.69) is 36.3 Å². The molecule has 0 unspecified atom stereocenters. The molecule has 0 atom stereocenters. The summed E-state index contributed by atoms with van der Waals surface area (Å²) in [6, 6.07) is 8.32. The fraction of sp³-hybridized carbons (Fsp3) is 0.357. The second kappa shape index (κ2) is 4.90. The molecule has 2 aromatic rings. The van der Waals surface area contributed by atoms with Gasteiger partial charge in [-0.05, 0) is 51.1 Å². The number of rotatable bonds is 3. The van der Waals surface area contributed by atoms with Crippen molar-refractivity contribution in [1.82, 2.24) is 15.5 Å². The summed E-state index contributed by atoms with van der Waals surface area (Å²) >= 11 is 0. The largest absolute Gasteiger partial charge is 0.306 e. The third-order valence-corrected chi connectivity index (χ3v) is 2.58. The first kappa shape index (κ1) is 12.8. The lowest BCUT2D eigenvalue weighted by Gasteiger charge is -2.19. The summed E-state index contributed by atoms with van der Waals surface area (Å²) in [6.07, 6.45) is 0. The Morgan fingerprint density at radius 1 is 1.22 bits per heavy atom. The summed E-state index contributed by atoms with van der Waals surface area (Å²) in [4.78, 5) is 0. The zero-order chi connectivity index (χ0) is 13.2. The van der Waals surface area contributed by atoms with Crippen molar-refractivity contribution in [3.63, 3.8) is 0 Å². The predicted molar refractivity (Wildman–Crippen MR) is 70.6 cm³/mol. The Balaban J connectivity index is 2.08. The molecule has 1 aromatic carbocycles. The van der Waals surface area contributed by atoms with Crippen LogP contribution in [-0.2, 0) is 6.54 Å². The van der Waals surface area contributed by atoms with Gasteiger partial charge >= 0.3 is 0 Å². The van der Waals surface area contributed by atoms with Gasteiger partial charge in [0.25, 0.3) is 0 Å². The molecule has 0 bridgehead atoms. The van der Waals surface area contributed by atoms with E-state index >= 15 is 0 Å². The molecule has 0 aliphatic carbocycles. The standard InChI is InChI=1S/C14H18FN3/c1-14(2,3)16-9-12-8-13(18-17-12)10-4-6-11(15)7-5-10/h4-8,16H,9H2,1-3H3,(H,17,18). The highest BCUT2D eigenvalue weighted by Gasteiger charge is 2.10. The van der Waals surface area contributed by atoms with Crippen LogP contribution in [0.25, 0.3) is 11.3 Å². The molecule has 1 heterocycles. The maximum atomic E-state index is 12.8. The van der Waals surface area contributed by atoms with Crippen LogP contribution in [0.5, 0.6) is 0 Å². The van der Waals surface area contributed by atoms with Crippen LogP contribution in [0, 0.1) is 5.82 Å². The fourth-order valence-corrected chi connectivity index (χ4v) is 1.58. The van der Waals surface area contributed by atoms with Crippen molar-refractivity contribution in [1.29, 1.82) is 0 Å². The first-order valence-electron chi connectivity index (χ1n) is 5.99. The maximum Gasteiger partial charge on any atom is 0.123 e. The van der Waals surface area contributed by atoms with E-state index < -0.39 is 0 Å². The second-order valence-corrected chi connectivity index (χ2v) is 5.39. The SMILES string of the molecule is CC(C)(C)NCc1cc(-c2ccc(F)cc2)n[nH]1. The number of H-pyrrole nitrogens is 1. The zero-order valence-electron chi connectivity index (χ0n) is 10.9. The van der Waals surface area contributed by atoms with Gasteiger partial charge in [-0.25, -0.2) is 4.39 Å². The molecule has 4 heteroatoms. The Labute approximate surface area is 106 Å². The molecule has 18 heavy (non-hydrogen) atoms. The van der Waals surface area contributed by atoms with E-state index in [9.17, 15) is 4.39 Å². The van der Waals surface area contributed by atoms with E-state index in [0.717, 1.165) is 23.5 Å². The molecule has 0 spiro atoms. The van der Waals surface area contributed by atoms with Gasteiger partial charge in [-0.1, -0.05) is 0 Å². The van der Waals surface area contributed by atoms with Crippen molar-refractivity contribution >= 4 is 0 Å². The van der Waals surface area contributed by atoms with Crippen LogP contribution in [0.15, 0.2) is 30.3 Å². The van der Waals surface area contributed by atoms with E-state index in [1.165, 1.54) is 12.1 Å². The highest BCUT2D eigenvalue weighted by atomic mass is 19.1. The summed E-state index contributed by atoms with van der Waals surface area (Å²) < 4.78 is 12.8. The maximum absolute atomic E-state index is 12.8. The molecule has 0 saturated heterocycles. The van der Waals surface area contributed by atoms with Crippen molar-refractivity contribution < 1.29 is 4.39 Å². The van der Waals surface area contributed by atoms with Crippen LogP contribution in [-0.4, -0.2) is 15.7 Å². The van der Waals surface area contributed by atoms with Crippen LogP contribution < -0.4 is 5.32 Å². The van der Waals surface area contributed by atoms with Crippen LogP contribution in [0.3, 0.4) is 0 Å². The molecule has 0 saturated carbocycles. The summed E-state index contributed by atoms with van der Waals surface area (Å²) in [6.45, 7) is 7.08. The molecular weight excluding hydrogens is 229 g/mol. The molecule has 0 aliphatic heterocycles. The van der Waals surface area contributed by atoms with Crippen molar-refractivity contribution in [2.75, 3.05) is 0 Å². The first-order chi connectivity index (χ1) is 8.44. The minimum Gasteiger partial charge on any atom is -0.306 e. The number of nitrogens with zero attached hydrogens (tertiary/aromatic N) is 1. The third kappa shape index (κ3) is 3.40. The number of halogens is 1. The van der Waals surface area contributed by atoms with Crippen molar-refractivity contribution in [2.45, 2.75) is 32.9 Å². The number of benzene rings is 1. The molecule has 2 rings (SSSR count). The first-order valence-corrected chi connectivity index (χ1v) is 5.99. The number of aromatic amines is 1. The van der Waals surface area contributed by atoms with Gasteiger partial charge in [-0.2, -0.15) is 5.10 Å². The molecule has 0 aliphatic rings. The zero-order valence-corrected chi connectivity index (χ0v) is 10.9. The lowest BCUT2D eigenvalue weighted by Crippen LogP contribution is -2.35. The Hall–Kier alpha value is -1.68. The van der Waals surface area contributed by atoms with Crippen molar-refractivity contribution in [2.24, 2.45) is 0 Å². The van der Waals surface area contributed by atoms with Crippen LogP contribution in [0.1, 0.15) is 26.5 Å². The summed E-state index contributed by atoms with van der Waals surface area (Å²) in [5, 5.41) is 10.6. The van der Waals surface area contributed by atoms with E-state index in [1.807, 2.05) is 6.07 Å². The topological polar surface area (TPSA) is 40.7 Å². The van der Waals surface area contributed by atoms with Crippen LogP contribution in [0.4, 0.5) is 4.39 Å². The summed E-state index contributed by atoms with van der Waals surface area (Å²) in [7, 11) is 0. The molecule has 1 aromatic heterocycles. The quantitative estimate of drug-likeness (QED) is 0.875. The third-order valence-electron chi connectivity index (χ3n) is 2.58.